The quantitative estimate of drug-likeness (QED) is 0.126. The zero-order chi connectivity index (χ0) is 54.4. The lowest BCUT2D eigenvalue weighted by molar-refractivity contribution is 0.519. The Hall–Kier alpha value is -7.69. The van der Waals surface area contributed by atoms with Gasteiger partial charge in [-0.3, -0.25) is 0 Å². The minimum absolute atomic E-state index is 0.00964. The topological polar surface area (TPSA) is 16.3 Å². The van der Waals surface area contributed by atoms with Gasteiger partial charge in [0, 0.05) is 73.4 Å². The predicted octanol–water partition coefficient (Wildman–Crippen LogP) is 16.0. The van der Waals surface area contributed by atoms with Crippen LogP contribution in [0.25, 0.3) is 49.6 Å². The third-order valence-electron chi connectivity index (χ3n) is 17.0. The zero-order valence-electron chi connectivity index (χ0n) is 47.7. The molecule has 382 valence electrons. The van der Waals surface area contributed by atoms with Crippen LogP contribution in [-0.2, 0) is 16.2 Å². The van der Waals surface area contributed by atoms with Crippen molar-refractivity contribution >= 4 is 102 Å². The number of nitrogens with zero attached hydrogens (tertiary/aromatic N) is 4. The van der Waals surface area contributed by atoms with E-state index in [1.807, 2.05) is 12.2 Å². The molecule has 4 aliphatic rings. The summed E-state index contributed by atoms with van der Waals surface area (Å²) in [4.78, 5) is 4.86. The Morgan fingerprint density at radius 1 is 0.584 bits per heavy atom. The van der Waals surface area contributed by atoms with Crippen molar-refractivity contribution in [1.82, 2.24) is 9.13 Å². The Balaban J connectivity index is 1.23. The van der Waals surface area contributed by atoms with Gasteiger partial charge in [0.05, 0.1) is 11.0 Å². The van der Waals surface area contributed by atoms with Crippen LogP contribution in [0.4, 0.5) is 22.7 Å². The summed E-state index contributed by atoms with van der Waals surface area (Å²) in [6.45, 7) is 43.6. The molecule has 0 saturated carbocycles. The summed E-state index contributed by atoms with van der Waals surface area (Å²) >= 11 is 0. The number of allylic oxidation sites excluding steroid dienone is 9. The molecule has 77 heavy (non-hydrogen) atoms. The number of para-hydroxylation sites is 1. The minimum atomic E-state index is -0.174. The smallest absolute Gasteiger partial charge is 0.252 e. The molecule has 8 aromatic rings. The first-order chi connectivity index (χ1) is 36.4. The van der Waals surface area contributed by atoms with Crippen LogP contribution < -0.4 is 31.7 Å². The molecule has 12 rings (SSSR count). The average Bonchev–Trinajstić information content (AvgIpc) is 3.91. The van der Waals surface area contributed by atoms with E-state index in [-0.39, 0.29) is 35.1 Å². The van der Waals surface area contributed by atoms with Crippen LogP contribution in [0.3, 0.4) is 0 Å². The number of anilines is 4. The lowest BCUT2D eigenvalue weighted by Crippen LogP contribution is -2.56. The van der Waals surface area contributed by atoms with Gasteiger partial charge in [-0.05, 0) is 163 Å². The van der Waals surface area contributed by atoms with E-state index in [9.17, 15) is 0 Å². The van der Waals surface area contributed by atoms with Crippen molar-refractivity contribution in [2.45, 2.75) is 106 Å². The van der Waals surface area contributed by atoms with Crippen LogP contribution in [0.15, 0.2) is 195 Å². The Bertz CT molecular complexity index is 4040. The highest BCUT2D eigenvalue weighted by atomic mass is 15.2. The molecular weight excluding hydrogens is 930 g/mol. The first-order valence-corrected chi connectivity index (χ1v) is 27.7. The van der Waals surface area contributed by atoms with Crippen LogP contribution in [0.5, 0.6) is 0 Å². The Morgan fingerprint density at radius 2 is 1.22 bits per heavy atom. The van der Waals surface area contributed by atoms with Crippen LogP contribution in [-0.4, -0.2) is 22.6 Å². The summed E-state index contributed by atoms with van der Waals surface area (Å²) in [5.41, 5.74) is 25.1. The number of rotatable bonds is 5. The molecule has 6 heteroatoms. The molecule has 6 aromatic carbocycles. The van der Waals surface area contributed by atoms with Gasteiger partial charge in [-0.2, -0.15) is 0 Å². The molecule has 2 aromatic heterocycles. The maximum absolute atomic E-state index is 4.86. The highest BCUT2D eigenvalue weighted by Crippen LogP contribution is 2.48. The van der Waals surface area contributed by atoms with E-state index in [1.54, 1.807) is 0 Å². The Morgan fingerprint density at radius 3 is 1.88 bits per heavy atom. The van der Waals surface area contributed by atoms with E-state index < -0.39 is 0 Å². The van der Waals surface area contributed by atoms with Gasteiger partial charge < -0.3 is 18.9 Å². The van der Waals surface area contributed by atoms with Crippen molar-refractivity contribution in [2.75, 3.05) is 9.80 Å². The molecule has 0 aliphatic carbocycles. The number of hydrogen-bond acceptors (Lipinski definition) is 2. The summed E-state index contributed by atoms with van der Waals surface area (Å²) in [6.07, 6.45) is 17.2. The van der Waals surface area contributed by atoms with Gasteiger partial charge in [-0.15, -0.1) is 0 Å². The molecule has 0 saturated heterocycles. The van der Waals surface area contributed by atoms with E-state index in [0.29, 0.717) is 0 Å². The van der Waals surface area contributed by atoms with Gasteiger partial charge in [0.1, 0.15) is 0 Å². The van der Waals surface area contributed by atoms with E-state index in [4.69, 9.17) is 13.2 Å². The summed E-state index contributed by atoms with van der Waals surface area (Å²) in [5.74, 6) is 2.53. The van der Waals surface area contributed by atoms with Gasteiger partial charge >= 0.3 is 0 Å². The Kier molecular flexibility index (Phi) is 11.3. The zero-order valence-corrected chi connectivity index (χ0v) is 47.7. The fraction of sp³-hybridized carbons (Fsp3) is 0.239. The average molecular weight is 1000 g/mol. The maximum atomic E-state index is 4.86. The number of hydrogen-bond donors (Lipinski definition) is 0. The largest absolute Gasteiger partial charge is 0.318 e. The molecular formula is C71H72B2N4. The molecule has 0 atom stereocenters. The molecule has 4 nitrogen and oxygen atoms in total. The van der Waals surface area contributed by atoms with Crippen molar-refractivity contribution in [3.05, 3.63) is 223 Å². The normalized spacial score (nSPS) is 16.4. The third-order valence-corrected chi connectivity index (χ3v) is 17.0. The predicted molar refractivity (Wildman–Crippen MR) is 338 cm³/mol. The molecule has 0 amide bonds. The van der Waals surface area contributed by atoms with Gasteiger partial charge in [-0.1, -0.05) is 181 Å². The summed E-state index contributed by atoms with van der Waals surface area (Å²) < 4.78 is 5.10. The lowest BCUT2D eigenvalue weighted by Gasteiger charge is -2.43. The van der Waals surface area contributed by atoms with Crippen molar-refractivity contribution in [1.29, 1.82) is 0 Å². The van der Waals surface area contributed by atoms with Gasteiger partial charge in [-0.25, -0.2) is 0 Å². The van der Waals surface area contributed by atoms with E-state index in [2.05, 4.69) is 267 Å². The van der Waals surface area contributed by atoms with Gasteiger partial charge in [0.25, 0.3) is 6.71 Å². The van der Waals surface area contributed by atoms with Crippen molar-refractivity contribution in [2.24, 2.45) is 5.41 Å². The van der Waals surface area contributed by atoms with Crippen LogP contribution in [0.2, 0.25) is 0 Å². The van der Waals surface area contributed by atoms with Crippen molar-refractivity contribution in [3.63, 3.8) is 0 Å². The monoisotopic (exact) mass is 1000 g/mol. The summed E-state index contributed by atoms with van der Waals surface area (Å²) in [7, 11) is 0. The van der Waals surface area contributed by atoms with Crippen LogP contribution in [0, 0.1) is 12.3 Å². The highest BCUT2D eigenvalue weighted by molar-refractivity contribution is 7.03. The molecule has 0 radical (unpaired) electrons. The van der Waals surface area contributed by atoms with Crippen molar-refractivity contribution < 1.29 is 0 Å². The van der Waals surface area contributed by atoms with Gasteiger partial charge in [0.15, 0.2) is 0 Å². The molecule has 0 N–H and O–H groups in total. The van der Waals surface area contributed by atoms with E-state index in [0.717, 1.165) is 34.0 Å². The first kappa shape index (κ1) is 50.1. The number of fused-ring (bicyclic) bond motifs is 14. The Labute approximate surface area is 458 Å². The second-order valence-corrected chi connectivity index (χ2v) is 26.2. The minimum Gasteiger partial charge on any atom is -0.318 e. The second-order valence-electron chi connectivity index (χ2n) is 26.2. The molecule has 0 fully saturated rings. The SMILES string of the molecule is C=C/C=C\C(=C)N1/C=C/C=C\C2=CB(c3cc4c(cc31)B1/C(=C/C(=C)C(C)(C)C)c3c(C)c5cc(C(C)(C)C)ccc5n3-c3cccc(c31)N4c1ccccc1)c1cc(C(C)(C)C)cc3c4cc(C(C)(C)C)ccc4n2c13. The molecule has 2 bridgehead atoms. The standard InChI is InChI=1S/C71H72B2N4/c1-17-18-25-45(3)74-35-23-22-28-51-43-72(57-40-49(71(14,15)16)39-54-53-38-48(70(11,12)13)32-34-60(53)76(51)67(54)57)55-41-64-56(42-63(55)74)73-58(36-44(2)68(5,6)7)66-46(4)52-37-47(69(8,9)10)31-33-59(52)77(66)62-30-24-29-61(65(62)73)75(64)50-26-20-19-21-27-50/h17-43H,1-3H2,4-16H3/b25-18-,28-22-,35-23+,58-36+. The van der Waals surface area contributed by atoms with E-state index >= 15 is 0 Å². The highest BCUT2D eigenvalue weighted by Gasteiger charge is 2.46. The number of aromatic nitrogens is 2. The van der Waals surface area contributed by atoms with Crippen molar-refractivity contribution in [3.8, 4) is 5.69 Å². The molecule has 0 unspecified atom stereocenters. The van der Waals surface area contributed by atoms with Gasteiger partial charge in [0.2, 0.25) is 6.71 Å². The molecule has 4 aliphatic heterocycles. The molecule has 6 heterocycles. The number of benzene rings is 6. The fourth-order valence-electron chi connectivity index (χ4n) is 12.6. The fourth-order valence-corrected chi connectivity index (χ4v) is 12.6. The first-order valence-electron chi connectivity index (χ1n) is 27.7. The van der Waals surface area contributed by atoms with Crippen LogP contribution >= 0.6 is 0 Å². The third kappa shape index (κ3) is 7.87. The molecule has 0 spiro atoms. The maximum Gasteiger partial charge on any atom is 0.252 e. The van der Waals surface area contributed by atoms with E-state index in [1.165, 1.54) is 99.4 Å². The summed E-state index contributed by atoms with van der Waals surface area (Å²) in [5, 5.41) is 3.87. The summed E-state index contributed by atoms with van der Waals surface area (Å²) in [6, 6.07) is 42.4. The lowest BCUT2D eigenvalue weighted by atomic mass is 9.31. The second kappa shape index (κ2) is 17.4. The number of aryl methyl sites for hydroxylation is 1. The van der Waals surface area contributed by atoms with Crippen LogP contribution in [0.1, 0.15) is 111 Å².